The molecule has 0 aromatic heterocycles. The second-order valence-corrected chi connectivity index (χ2v) is 17.9. The summed E-state index contributed by atoms with van der Waals surface area (Å²) in [4.78, 5) is 94.4. The molecule has 5 atom stereocenters. The molecule has 1 fully saturated rings. The summed E-state index contributed by atoms with van der Waals surface area (Å²) in [5.74, 6) is -3.91. The minimum atomic E-state index is -1.24. The number of primary amides is 1. The van der Waals surface area contributed by atoms with Crippen molar-refractivity contribution in [1.29, 1.82) is 0 Å². The van der Waals surface area contributed by atoms with Crippen molar-refractivity contribution < 1.29 is 38.7 Å². The standard InChI is InChI=1S/C43H79N7O8/c1-10-11-12-13-14-15-16-17-18-21-36(53)49-43(8,9)42(58)50-24-19-20-34(50)40(56)47-33(26-29(4)5)39(55)48-37(30(6)7)41(57)46-32(22-23-35(44)52)38(54)45-31(27-51)25-28(2)3/h28-34,37,51H,10-27H2,1-9H3,(H2,44,52)(H,45,54)(H,46,57)(H,47,56)(H,48,55)(H,49,53)/t31-,32-,33-,34-,37-/m0/s1. The molecule has 0 aromatic carbocycles. The van der Waals surface area contributed by atoms with E-state index in [1.165, 1.54) is 37.0 Å². The van der Waals surface area contributed by atoms with Crippen LogP contribution in [0, 0.1) is 17.8 Å². The van der Waals surface area contributed by atoms with Crippen molar-refractivity contribution in [2.75, 3.05) is 13.2 Å². The van der Waals surface area contributed by atoms with E-state index in [0.29, 0.717) is 32.2 Å². The van der Waals surface area contributed by atoms with Crippen molar-refractivity contribution in [3.05, 3.63) is 0 Å². The fraction of sp³-hybridized carbons (Fsp3) is 0.837. The van der Waals surface area contributed by atoms with Gasteiger partial charge in [-0.3, -0.25) is 33.6 Å². The molecule has 1 aliphatic heterocycles. The molecule has 334 valence electrons. The SMILES string of the molecule is CCCCCCCCCCCC(=O)NC(C)(C)C(=O)N1CCC[C@H]1C(=O)N[C@@H](CC(C)C)C(=O)N[C@H](C(=O)N[C@@H](CCC(N)=O)C(=O)N[C@H](CO)CC(C)C)C(C)C. The third-order valence-corrected chi connectivity index (χ3v) is 10.5. The highest BCUT2D eigenvalue weighted by Gasteiger charge is 2.42. The zero-order valence-corrected chi connectivity index (χ0v) is 37.2. The van der Waals surface area contributed by atoms with Gasteiger partial charge < -0.3 is 42.3 Å². The highest BCUT2D eigenvalue weighted by atomic mass is 16.3. The van der Waals surface area contributed by atoms with Crippen molar-refractivity contribution in [3.63, 3.8) is 0 Å². The molecule has 0 aliphatic carbocycles. The normalized spacial score (nSPS) is 16.4. The van der Waals surface area contributed by atoms with Crippen LogP contribution >= 0.6 is 0 Å². The van der Waals surface area contributed by atoms with E-state index >= 15 is 0 Å². The molecule has 0 spiro atoms. The molecular weight excluding hydrogens is 743 g/mol. The van der Waals surface area contributed by atoms with Gasteiger partial charge in [0.1, 0.15) is 29.7 Å². The van der Waals surface area contributed by atoms with E-state index in [0.717, 1.165) is 25.7 Å². The highest BCUT2D eigenvalue weighted by molar-refractivity contribution is 5.97. The number of nitrogens with two attached hydrogens (primary N) is 1. The van der Waals surface area contributed by atoms with Gasteiger partial charge in [-0.05, 0) is 70.1 Å². The molecule has 8 N–H and O–H groups in total. The van der Waals surface area contributed by atoms with E-state index in [9.17, 15) is 38.7 Å². The first-order valence-corrected chi connectivity index (χ1v) is 22.0. The summed E-state index contributed by atoms with van der Waals surface area (Å²) >= 11 is 0. The molecular formula is C43H79N7O8. The maximum atomic E-state index is 13.9. The van der Waals surface area contributed by atoms with Crippen LogP contribution in [0.25, 0.3) is 0 Å². The molecule has 0 unspecified atom stereocenters. The van der Waals surface area contributed by atoms with E-state index in [1.54, 1.807) is 27.7 Å². The van der Waals surface area contributed by atoms with Gasteiger partial charge in [-0.2, -0.15) is 0 Å². The predicted octanol–water partition coefficient (Wildman–Crippen LogP) is 3.74. The number of carbonyl (C=O) groups excluding carboxylic acids is 7. The lowest BCUT2D eigenvalue weighted by molar-refractivity contribution is -0.145. The zero-order chi connectivity index (χ0) is 44.0. The third kappa shape index (κ3) is 19.8. The minimum absolute atomic E-state index is 0.0317. The first-order chi connectivity index (χ1) is 27.2. The van der Waals surface area contributed by atoms with Crippen molar-refractivity contribution in [1.82, 2.24) is 31.5 Å². The lowest BCUT2D eigenvalue weighted by Gasteiger charge is -2.34. The summed E-state index contributed by atoms with van der Waals surface area (Å²) in [5, 5.41) is 23.7. The minimum Gasteiger partial charge on any atom is -0.394 e. The monoisotopic (exact) mass is 822 g/mol. The number of aliphatic hydroxyl groups is 1. The Balaban J connectivity index is 2.99. The van der Waals surface area contributed by atoms with Gasteiger partial charge in [0, 0.05) is 19.4 Å². The number of unbranched alkanes of at least 4 members (excludes halogenated alkanes) is 8. The molecule has 15 heteroatoms. The number of nitrogens with zero attached hydrogens (tertiary/aromatic N) is 1. The Morgan fingerprint density at radius 2 is 1.29 bits per heavy atom. The summed E-state index contributed by atoms with van der Waals surface area (Å²) in [7, 11) is 0. The summed E-state index contributed by atoms with van der Waals surface area (Å²) in [6, 6.07) is -4.74. The molecule has 58 heavy (non-hydrogen) atoms. The average Bonchev–Trinajstić information content (AvgIpc) is 3.63. The van der Waals surface area contributed by atoms with Gasteiger partial charge in [0.2, 0.25) is 41.4 Å². The van der Waals surface area contributed by atoms with Gasteiger partial charge in [0.05, 0.1) is 12.6 Å². The van der Waals surface area contributed by atoms with E-state index in [1.807, 2.05) is 27.7 Å². The Hall–Kier alpha value is -3.75. The quantitative estimate of drug-likeness (QED) is 0.0549. The molecule has 1 aliphatic rings. The van der Waals surface area contributed by atoms with E-state index in [-0.39, 0.29) is 49.5 Å². The van der Waals surface area contributed by atoms with E-state index in [4.69, 9.17) is 5.73 Å². The Labute approximate surface area is 348 Å². The Morgan fingerprint density at radius 3 is 1.83 bits per heavy atom. The first-order valence-electron chi connectivity index (χ1n) is 22.0. The Morgan fingerprint density at radius 1 is 0.724 bits per heavy atom. The molecule has 0 saturated carbocycles. The molecule has 7 amide bonds. The van der Waals surface area contributed by atoms with Gasteiger partial charge in [0.15, 0.2) is 0 Å². The topological polar surface area (TPSA) is 229 Å². The summed E-state index contributed by atoms with van der Waals surface area (Å²) in [5.41, 5.74) is 4.10. The largest absolute Gasteiger partial charge is 0.394 e. The van der Waals surface area contributed by atoms with Crippen molar-refractivity contribution in [2.45, 2.75) is 201 Å². The molecule has 1 saturated heterocycles. The maximum absolute atomic E-state index is 13.9. The van der Waals surface area contributed by atoms with Crippen molar-refractivity contribution >= 4 is 41.4 Å². The number of hydrogen-bond acceptors (Lipinski definition) is 8. The van der Waals surface area contributed by atoms with Gasteiger partial charge in [-0.1, -0.05) is 99.8 Å². The number of aliphatic hydroxyl groups excluding tert-OH is 1. The van der Waals surface area contributed by atoms with E-state index in [2.05, 4.69) is 33.5 Å². The van der Waals surface area contributed by atoms with Crippen LogP contribution in [0.3, 0.4) is 0 Å². The van der Waals surface area contributed by atoms with Crippen LogP contribution in [0.15, 0.2) is 0 Å². The molecule has 15 nitrogen and oxygen atoms in total. The van der Waals surface area contributed by atoms with E-state index < -0.39 is 71.2 Å². The predicted molar refractivity (Wildman–Crippen MR) is 226 cm³/mol. The second kappa shape index (κ2) is 27.1. The summed E-state index contributed by atoms with van der Waals surface area (Å²) in [6.45, 7) is 16.6. The highest BCUT2D eigenvalue weighted by Crippen LogP contribution is 2.23. The lowest BCUT2D eigenvalue weighted by Crippen LogP contribution is -2.61. The van der Waals surface area contributed by atoms with Gasteiger partial charge in [-0.25, -0.2) is 0 Å². The lowest BCUT2D eigenvalue weighted by atomic mass is 9.98. The molecule has 1 rings (SSSR count). The summed E-state index contributed by atoms with van der Waals surface area (Å²) in [6.07, 6.45) is 11.9. The fourth-order valence-corrected chi connectivity index (χ4v) is 7.33. The first kappa shape index (κ1) is 52.3. The smallest absolute Gasteiger partial charge is 0.248 e. The number of rotatable bonds is 29. The Kier molecular flexibility index (Phi) is 24.4. The molecule has 1 heterocycles. The third-order valence-electron chi connectivity index (χ3n) is 10.5. The fourth-order valence-electron chi connectivity index (χ4n) is 7.33. The van der Waals surface area contributed by atoms with Crippen LogP contribution in [-0.4, -0.2) is 100 Å². The van der Waals surface area contributed by atoms with Gasteiger partial charge in [-0.15, -0.1) is 0 Å². The van der Waals surface area contributed by atoms with Crippen LogP contribution in [0.2, 0.25) is 0 Å². The Bertz CT molecular complexity index is 1320. The zero-order valence-electron chi connectivity index (χ0n) is 37.2. The van der Waals surface area contributed by atoms with Crippen LogP contribution in [0.4, 0.5) is 0 Å². The van der Waals surface area contributed by atoms with Crippen LogP contribution in [0.5, 0.6) is 0 Å². The van der Waals surface area contributed by atoms with Crippen molar-refractivity contribution in [2.24, 2.45) is 23.5 Å². The number of amides is 7. The maximum Gasteiger partial charge on any atom is 0.248 e. The number of nitrogens with one attached hydrogen (secondary N) is 5. The molecule has 0 radical (unpaired) electrons. The summed E-state index contributed by atoms with van der Waals surface area (Å²) < 4.78 is 0. The molecule has 0 aromatic rings. The van der Waals surface area contributed by atoms with Crippen molar-refractivity contribution in [3.8, 4) is 0 Å². The van der Waals surface area contributed by atoms with Gasteiger partial charge in [0.25, 0.3) is 0 Å². The number of hydrogen-bond donors (Lipinski definition) is 7. The number of carbonyl (C=O) groups is 7. The number of likely N-dealkylation sites (tertiary alicyclic amines) is 1. The second-order valence-electron chi connectivity index (χ2n) is 17.9. The van der Waals surface area contributed by atoms with Crippen LogP contribution in [-0.2, 0) is 33.6 Å². The van der Waals surface area contributed by atoms with Crippen LogP contribution in [0.1, 0.15) is 165 Å². The van der Waals surface area contributed by atoms with Crippen LogP contribution < -0.4 is 32.3 Å². The van der Waals surface area contributed by atoms with Gasteiger partial charge >= 0.3 is 0 Å². The molecule has 0 bridgehead atoms. The average molecular weight is 822 g/mol.